The number of hydrogen-bond acceptors (Lipinski definition) is 5. The molecule has 0 spiro atoms. The van der Waals surface area contributed by atoms with Crippen LogP contribution in [0.1, 0.15) is 47.0 Å². The van der Waals surface area contributed by atoms with Gasteiger partial charge in [0.05, 0.1) is 12.9 Å². The predicted molar refractivity (Wildman–Crippen MR) is 95.7 cm³/mol. The first-order chi connectivity index (χ1) is 11.4. The molecule has 25 heavy (non-hydrogen) atoms. The fraction of sp³-hybridized carbons (Fsp3) is 0.875. The third kappa shape index (κ3) is 7.60. The fourth-order valence-electron chi connectivity index (χ4n) is 2.86. The van der Waals surface area contributed by atoms with Gasteiger partial charge in [-0.15, -0.1) is 0 Å². The Balaban J connectivity index is 2.64. The van der Waals surface area contributed by atoms with E-state index in [0.717, 1.165) is 6.26 Å². The molecule has 1 saturated heterocycles. The average molecular weight is 378 g/mol. The van der Waals surface area contributed by atoms with Crippen molar-refractivity contribution in [1.82, 2.24) is 14.5 Å². The van der Waals surface area contributed by atoms with Crippen LogP contribution in [0.4, 0.5) is 4.79 Å². The van der Waals surface area contributed by atoms with E-state index >= 15 is 0 Å². The number of sulfonamides is 1. The van der Waals surface area contributed by atoms with E-state index in [2.05, 4.69) is 5.32 Å². The van der Waals surface area contributed by atoms with Crippen molar-refractivity contribution in [3.8, 4) is 0 Å². The van der Waals surface area contributed by atoms with E-state index in [-0.39, 0.29) is 36.5 Å². The Morgan fingerprint density at radius 1 is 1.24 bits per heavy atom. The van der Waals surface area contributed by atoms with Crippen LogP contribution in [-0.4, -0.2) is 73.7 Å². The number of amides is 2. The summed E-state index contributed by atoms with van der Waals surface area (Å²) in [7, 11) is -3.43. The van der Waals surface area contributed by atoms with Gasteiger partial charge in [-0.1, -0.05) is 0 Å². The molecule has 0 aromatic rings. The summed E-state index contributed by atoms with van der Waals surface area (Å²) in [5.41, 5.74) is -0.349. The summed E-state index contributed by atoms with van der Waals surface area (Å²) >= 11 is 0. The van der Waals surface area contributed by atoms with Crippen molar-refractivity contribution < 1.29 is 22.7 Å². The summed E-state index contributed by atoms with van der Waals surface area (Å²) in [6, 6.07) is -0.205. The summed E-state index contributed by atoms with van der Waals surface area (Å²) in [6.07, 6.45) is 1.98. The first-order valence-electron chi connectivity index (χ1n) is 8.63. The number of hydrogen-bond donors (Lipinski definition) is 1. The summed E-state index contributed by atoms with van der Waals surface area (Å²) in [5.74, 6) is -0.176. The van der Waals surface area contributed by atoms with E-state index in [4.69, 9.17) is 4.74 Å². The molecule has 2 amide bonds. The maximum Gasteiger partial charge on any atom is 0.409 e. The third-order valence-electron chi connectivity index (χ3n) is 3.90. The first kappa shape index (κ1) is 21.7. The zero-order valence-electron chi connectivity index (χ0n) is 15.9. The van der Waals surface area contributed by atoms with Crippen LogP contribution < -0.4 is 5.32 Å². The topological polar surface area (TPSA) is 96.0 Å². The largest absolute Gasteiger partial charge is 0.450 e. The molecule has 1 aliphatic rings. The molecular weight excluding hydrogens is 346 g/mol. The van der Waals surface area contributed by atoms with Crippen LogP contribution in [-0.2, 0) is 19.6 Å². The minimum absolute atomic E-state index is 0.114. The molecule has 1 fully saturated rings. The molecule has 1 heterocycles. The van der Waals surface area contributed by atoms with Crippen molar-refractivity contribution in [2.45, 2.75) is 58.5 Å². The van der Waals surface area contributed by atoms with Gasteiger partial charge in [0.25, 0.3) is 0 Å². The first-order valence-corrected chi connectivity index (χ1v) is 10.5. The molecule has 1 rings (SSSR count). The van der Waals surface area contributed by atoms with E-state index < -0.39 is 10.0 Å². The van der Waals surface area contributed by atoms with Crippen molar-refractivity contribution in [1.29, 1.82) is 0 Å². The minimum atomic E-state index is -3.43. The molecule has 0 aromatic carbocycles. The van der Waals surface area contributed by atoms with E-state index in [1.807, 2.05) is 20.8 Å². The SMILES string of the molecule is CCOC(=O)N1CCC(N(CCC(=O)NC(C)(C)C)S(C)(=O)=O)CC1. The van der Waals surface area contributed by atoms with Crippen LogP contribution >= 0.6 is 0 Å². The van der Waals surface area contributed by atoms with Gasteiger partial charge in [0.15, 0.2) is 0 Å². The smallest absolute Gasteiger partial charge is 0.409 e. The second kappa shape index (κ2) is 8.84. The van der Waals surface area contributed by atoms with Gasteiger partial charge in [-0.2, -0.15) is 4.31 Å². The molecule has 0 aromatic heterocycles. The number of nitrogens with zero attached hydrogens (tertiary/aromatic N) is 2. The average Bonchev–Trinajstić information content (AvgIpc) is 2.45. The molecule has 146 valence electrons. The highest BCUT2D eigenvalue weighted by Gasteiger charge is 2.32. The molecule has 9 heteroatoms. The minimum Gasteiger partial charge on any atom is -0.450 e. The zero-order valence-corrected chi connectivity index (χ0v) is 16.7. The fourth-order valence-corrected chi connectivity index (χ4v) is 4.04. The van der Waals surface area contributed by atoms with Gasteiger partial charge in [-0.05, 0) is 40.5 Å². The van der Waals surface area contributed by atoms with Gasteiger partial charge in [0.1, 0.15) is 0 Å². The third-order valence-corrected chi connectivity index (χ3v) is 5.23. The predicted octanol–water partition coefficient (Wildman–Crippen LogP) is 1.17. The van der Waals surface area contributed by atoms with Crippen LogP contribution in [0, 0.1) is 0 Å². The monoisotopic (exact) mass is 377 g/mol. The zero-order chi connectivity index (χ0) is 19.3. The van der Waals surface area contributed by atoms with Crippen molar-refractivity contribution >= 4 is 22.0 Å². The molecule has 8 nitrogen and oxygen atoms in total. The normalized spacial score (nSPS) is 16.8. The second-order valence-corrected chi connectivity index (χ2v) is 9.27. The van der Waals surface area contributed by atoms with Crippen molar-refractivity contribution in [2.75, 3.05) is 32.5 Å². The number of piperidine rings is 1. The van der Waals surface area contributed by atoms with Crippen LogP contribution in [0.5, 0.6) is 0 Å². The molecule has 0 atom stereocenters. The molecular formula is C16H31N3O5S. The van der Waals surface area contributed by atoms with Gasteiger partial charge in [0, 0.05) is 37.6 Å². The number of carbonyl (C=O) groups is 2. The Labute approximate surface area is 150 Å². The van der Waals surface area contributed by atoms with E-state index in [1.165, 1.54) is 4.31 Å². The summed E-state index contributed by atoms with van der Waals surface area (Å²) < 4.78 is 30.6. The maximum absolute atomic E-state index is 12.1. The Kier molecular flexibility index (Phi) is 7.67. The van der Waals surface area contributed by atoms with E-state index in [0.29, 0.717) is 32.5 Å². The van der Waals surface area contributed by atoms with Crippen LogP contribution in [0.15, 0.2) is 0 Å². The Morgan fingerprint density at radius 2 is 1.80 bits per heavy atom. The van der Waals surface area contributed by atoms with E-state index in [9.17, 15) is 18.0 Å². The van der Waals surface area contributed by atoms with Gasteiger partial charge in [-0.25, -0.2) is 13.2 Å². The lowest BCUT2D eigenvalue weighted by Crippen LogP contribution is -2.50. The molecule has 1 N–H and O–H groups in total. The Bertz CT molecular complexity index is 563. The second-order valence-electron chi connectivity index (χ2n) is 7.34. The number of nitrogens with one attached hydrogen (secondary N) is 1. The lowest BCUT2D eigenvalue weighted by Gasteiger charge is -2.36. The van der Waals surface area contributed by atoms with Crippen molar-refractivity contribution in [3.63, 3.8) is 0 Å². The van der Waals surface area contributed by atoms with Crippen LogP contribution in [0.3, 0.4) is 0 Å². The Morgan fingerprint density at radius 3 is 2.24 bits per heavy atom. The lowest BCUT2D eigenvalue weighted by molar-refractivity contribution is -0.122. The highest BCUT2D eigenvalue weighted by molar-refractivity contribution is 7.88. The molecule has 1 aliphatic heterocycles. The number of ether oxygens (including phenoxy) is 1. The molecule has 0 aliphatic carbocycles. The number of carbonyl (C=O) groups excluding carboxylic acids is 2. The highest BCUT2D eigenvalue weighted by Crippen LogP contribution is 2.20. The standard InChI is InChI=1S/C16H31N3O5S/c1-6-24-15(21)18-10-7-13(8-11-18)19(25(5,22)23)12-9-14(20)17-16(2,3)4/h13H,6-12H2,1-5H3,(H,17,20). The van der Waals surface area contributed by atoms with Crippen molar-refractivity contribution in [3.05, 3.63) is 0 Å². The molecule has 0 saturated carbocycles. The number of likely N-dealkylation sites (tertiary alicyclic amines) is 1. The quantitative estimate of drug-likeness (QED) is 0.750. The highest BCUT2D eigenvalue weighted by atomic mass is 32.2. The molecule has 0 radical (unpaired) electrons. The van der Waals surface area contributed by atoms with Crippen molar-refractivity contribution in [2.24, 2.45) is 0 Å². The summed E-state index contributed by atoms with van der Waals surface area (Å²) in [4.78, 5) is 25.3. The molecule has 0 bridgehead atoms. The summed E-state index contributed by atoms with van der Waals surface area (Å²) in [6.45, 7) is 8.74. The van der Waals surface area contributed by atoms with Gasteiger partial charge in [-0.3, -0.25) is 4.79 Å². The van der Waals surface area contributed by atoms with Crippen LogP contribution in [0.2, 0.25) is 0 Å². The van der Waals surface area contributed by atoms with Gasteiger partial charge in [0.2, 0.25) is 15.9 Å². The van der Waals surface area contributed by atoms with Gasteiger partial charge >= 0.3 is 6.09 Å². The molecule has 0 unspecified atom stereocenters. The van der Waals surface area contributed by atoms with E-state index in [1.54, 1.807) is 11.8 Å². The summed E-state index contributed by atoms with van der Waals surface area (Å²) in [5, 5.41) is 2.84. The number of rotatable bonds is 6. The maximum atomic E-state index is 12.1. The van der Waals surface area contributed by atoms with Gasteiger partial charge < -0.3 is 15.0 Å². The Hall–Kier alpha value is -1.35. The lowest BCUT2D eigenvalue weighted by atomic mass is 10.1. The van der Waals surface area contributed by atoms with Crippen LogP contribution in [0.25, 0.3) is 0 Å².